The molecule has 0 fully saturated rings. The zero-order chi connectivity index (χ0) is 21.4. The van der Waals surface area contributed by atoms with Gasteiger partial charge in [-0.25, -0.2) is 0 Å². The molecular formula is C28H13IN2O2. The van der Waals surface area contributed by atoms with Gasteiger partial charge >= 0.3 is 5.78 Å². The molecule has 9 aromatic rings. The summed E-state index contributed by atoms with van der Waals surface area (Å²) < 4.78 is 17.3. The molecule has 5 heterocycles. The van der Waals surface area contributed by atoms with Crippen molar-refractivity contribution >= 4 is 105 Å². The van der Waals surface area contributed by atoms with Gasteiger partial charge in [-0.05, 0) is 35.7 Å². The first-order valence-corrected chi connectivity index (χ1v) is 11.9. The molecule has 0 saturated heterocycles. The molecule has 0 bridgehead atoms. The van der Waals surface area contributed by atoms with Crippen LogP contribution in [0.2, 0.25) is 0 Å². The van der Waals surface area contributed by atoms with E-state index in [1.54, 1.807) is 0 Å². The number of benzene rings is 4. The number of aromatic nitrogens is 2. The Balaban J connectivity index is 1.78. The van der Waals surface area contributed by atoms with Crippen molar-refractivity contribution in [3.8, 4) is 0 Å². The minimum atomic E-state index is 0.586. The minimum absolute atomic E-state index is 0.586. The Morgan fingerprint density at radius 1 is 0.545 bits per heavy atom. The van der Waals surface area contributed by atoms with Crippen LogP contribution in [-0.2, 0) is 0 Å². The summed E-state index contributed by atoms with van der Waals surface area (Å²) in [5.41, 5.74) is 7.63. The van der Waals surface area contributed by atoms with E-state index in [2.05, 4.69) is 96.8 Å². The van der Waals surface area contributed by atoms with Crippen molar-refractivity contribution in [2.24, 2.45) is 0 Å². The van der Waals surface area contributed by atoms with Gasteiger partial charge < -0.3 is 13.2 Å². The molecule has 0 saturated carbocycles. The maximum Gasteiger partial charge on any atom is 0.301 e. The van der Waals surface area contributed by atoms with E-state index in [0.29, 0.717) is 5.78 Å². The summed E-state index contributed by atoms with van der Waals surface area (Å²) in [5.74, 6) is 0.586. The normalized spacial score (nSPS) is 13.0. The Morgan fingerprint density at radius 3 is 2.24 bits per heavy atom. The molecule has 9 rings (SSSR count). The van der Waals surface area contributed by atoms with E-state index in [9.17, 15) is 0 Å². The van der Waals surface area contributed by atoms with E-state index in [4.69, 9.17) is 8.83 Å². The molecule has 0 unspecified atom stereocenters. The fraction of sp³-hybridized carbons (Fsp3) is 0. The highest BCUT2D eigenvalue weighted by molar-refractivity contribution is 14.1. The highest BCUT2D eigenvalue weighted by Gasteiger charge is 2.26. The molecule has 154 valence electrons. The topological polar surface area (TPSA) is 35.6 Å². The highest BCUT2D eigenvalue weighted by atomic mass is 127. The molecule has 33 heavy (non-hydrogen) atoms. The van der Waals surface area contributed by atoms with Crippen molar-refractivity contribution < 1.29 is 8.83 Å². The first-order chi connectivity index (χ1) is 16.3. The molecule has 5 heteroatoms. The predicted molar refractivity (Wildman–Crippen MR) is 143 cm³/mol. The lowest BCUT2D eigenvalue weighted by molar-refractivity contribution is 0.526. The molecule has 0 radical (unpaired) electrons. The van der Waals surface area contributed by atoms with Crippen LogP contribution in [0.15, 0.2) is 87.7 Å². The maximum absolute atomic E-state index is 6.44. The number of halogens is 1. The molecule has 0 aliphatic carbocycles. The summed E-state index contributed by atoms with van der Waals surface area (Å²) in [4.78, 5) is 0. The maximum atomic E-state index is 6.44. The Bertz CT molecular complexity index is 2260. The first-order valence-electron chi connectivity index (χ1n) is 10.9. The lowest BCUT2D eigenvalue weighted by Crippen LogP contribution is -1.86. The number of hydrogen-bond donors (Lipinski definition) is 0. The molecular weight excluding hydrogens is 523 g/mol. The van der Waals surface area contributed by atoms with E-state index in [1.807, 2.05) is 12.1 Å². The van der Waals surface area contributed by atoms with Gasteiger partial charge in [-0.1, -0.05) is 48.5 Å². The second-order valence-corrected chi connectivity index (χ2v) is 9.69. The summed E-state index contributed by atoms with van der Waals surface area (Å²) in [5, 5.41) is 8.30. The quantitative estimate of drug-likeness (QED) is 0.182. The highest BCUT2D eigenvalue weighted by Crippen LogP contribution is 2.48. The van der Waals surface area contributed by atoms with Gasteiger partial charge in [0.15, 0.2) is 5.58 Å². The lowest BCUT2D eigenvalue weighted by Gasteiger charge is -2.02. The van der Waals surface area contributed by atoms with Crippen molar-refractivity contribution in [2.45, 2.75) is 0 Å². The van der Waals surface area contributed by atoms with E-state index in [-0.39, 0.29) is 0 Å². The van der Waals surface area contributed by atoms with Crippen LogP contribution >= 0.6 is 22.9 Å². The van der Waals surface area contributed by atoms with Crippen LogP contribution in [-0.4, -0.2) is 7.18 Å². The predicted octanol–water partition coefficient (Wildman–Crippen LogP) is 8.64. The third-order valence-corrected chi connectivity index (χ3v) is 8.25. The van der Waals surface area contributed by atoms with Crippen LogP contribution in [0.25, 0.3) is 82.2 Å². The van der Waals surface area contributed by atoms with Gasteiger partial charge in [0.1, 0.15) is 11.1 Å². The molecule has 4 aromatic carbocycles. The summed E-state index contributed by atoms with van der Waals surface area (Å²) >= 11 is 2.43. The standard InChI is InChI=1S/C28H13IN2O2/c29-31-19-10-5-8-15-14-6-1-3-9-18(14)30-25-17(12-13-20(31)24(25)22(15)19)27-26(30)23-16-7-2-4-11-21(16)32-28(23)33-27/h1-13H. The van der Waals surface area contributed by atoms with Gasteiger partial charge in [-0.3, -0.25) is 2.78 Å². The fourth-order valence-corrected chi connectivity index (χ4v) is 6.75. The molecule has 0 N–H and O–H groups in total. The second kappa shape index (κ2) is 5.43. The van der Waals surface area contributed by atoms with Crippen LogP contribution in [0.5, 0.6) is 0 Å². The average molecular weight is 536 g/mol. The van der Waals surface area contributed by atoms with Gasteiger partial charge in [0.25, 0.3) is 0 Å². The average Bonchev–Trinajstić information content (AvgIpc) is 3.53. The SMILES string of the molecule is In1c2cccc3c4ccccc4n4c5c(ccc1c5c32)c1oc2oc3ccccc3c2c14. The zero-order valence-corrected chi connectivity index (χ0v) is 19.3. The molecule has 0 aliphatic rings. The Morgan fingerprint density at radius 2 is 1.30 bits per heavy atom. The van der Waals surface area contributed by atoms with E-state index >= 15 is 0 Å². The number of para-hydroxylation sites is 2. The number of hydrogen-bond acceptors (Lipinski definition) is 2. The van der Waals surface area contributed by atoms with Gasteiger partial charge in [0.05, 0.1) is 50.3 Å². The van der Waals surface area contributed by atoms with E-state index < -0.39 is 0 Å². The smallest absolute Gasteiger partial charge is 0.301 e. The van der Waals surface area contributed by atoms with Crippen molar-refractivity contribution in [1.82, 2.24) is 7.18 Å². The van der Waals surface area contributed by atoms with Crippen molar-refractivity contribution in [3.63, 3.8) is 0 Å². The number of furan rings is 2. The van der Waals surface area contributed by atoms with Crippen molar-refractivity contribution in [3.05, 3.63) is 78.9 Å². The Hall–Kier alpha value is -3.71. The van der Waals surface area contributed by atoms with Crippen LogP contribution < -0.4 is 0 Å². The third kappa shape index (κ3) is 1.76. The molecule has 0 spiro atoms. The van der Waals surface area contributed by atoms with Crippen molar-refractivity contribution in [2.75, 3.05) is 0 Å². The number of nitrogens with zero attached hydrogens (tertiary/aromatic N) is 2. The van der Waals surface area contributed by atoms with Crippen LogP contribution in [0, 0.1) is 0 Å². The summed E-state index contributed by atoms with van der Waals surface area (Å²) in [6.45, 7) is 0. The fourth-order valence-electron chi connectivity index (χ4n) is 5.95. The summed E-state index contributed by atoms with van der Waals surface area (Å²) in [6.07, 6.45) is 0. The van der Waals surface area contributed by atoms with Crippen LogP contribution in [0.4, 0.5) is 0 Å². The third-order valence-electron chi connectivity index (χ3n) is 7.21. The summed E-state index contributed by atoms with van der Waals surface area (Å²) in [7, 11) is 0. The van der Waals surface area contributed by atoms with Crippen molar-refractivity contribution in [1.29, 1.82) is 0 Å². The van der Waals surface area contributed by atoms with Gasteiger partial charge in [-0.15, -0.1) is 0 Å². The molecule has 4 nitrogen and oxygen atoms in total. The number of fused-ring (bicyclic) bond motifs is 10. The Labute approximate surface area is 199 Å². The molecule has 5 aromatic heterocycles. The summed E-state index contributed by atoms with van der Waals surface area (Å²) in [6, 6.07) is 27.9. The largest absolute Gasteiger partial charge is 0.425 e. The van der Waals surface area contributed by atoms with E-state index in [0.717, 1.165) is 32.8 Å². The Kier molecular flexibility index (Phi) is 2.77. The van der Waals surface area contributed by atoms with Crippen LogP contribution in [0.1, 0.15) is 0 Å². The first kappa shape index (κ1) is 16.9. The molecule has 0 atom stereocenters. The zero-order valence-electron chi connectivity index (χ0n) is 17.1. The second-order valence-electron chi connectivity index (χ2n) is 8.73. The number of rotatable bonds is 0. The lowest BCUT2D eigenvalue weighted by atomic mass is 10.0. The van der Waals surface area contributed by atoms with E-state index in [1.165, 1.54) is 43.6 Å². The van der Waals surface area contributed by atoms with Crippen LogP contribution in [0.3, 0.4) is 0 Å². The van der Waals surface area contributed by atoms with Gasteiger partial charge in [0.2, 0.25) is 0 Å². The molecule has 0 aliphatic heterocycles. The van der Waals surface area contributed by atoms with Gasteiger partial charge in [0, 0.05) is 26.9 Å². The monoisotopic (exact) mass is 536 g/mol. The molecule has 0 amide bonds. The van der Waals surface area contributed by atoms with Gasteiger partial charge in [-0.2, -0.15) is 0 Å². The minimum Gasteiger partial charge on any atom is -0.425 e.